The second-order valence-corrected chi connectivity index (χ2v) is 9.91. The minimum atomic E-state index is -4.83. The van der Waals surface area contributed by atoms with Gasteiger partial charge in [0.25, 0.3) is 5.91 Å². The predicted octanol–water partition coefficient (Wildman–Crippen LogP) is 5.05. The van der Waals surface area contributed by atoms with Gasteiger partial charge in [-0.05, 0) is 41.4 Å². The van der Waals surface area contributed by atoms with E-state index in [0.717, 1.165) is 10.7 Å². The van der Waals surface area contributed by atoms with Gasteiger partial charge in [0.05, 0.1) is 22.1 Å². The van der Waals surface area contributed by atoms with Gasteiger partial charge in [-0.1, -0.05) is 0 Å². The molecule has 0 aliphatic rings. The maximum atomic E-state index is 13.7. The fourth-order valence-electron chi connectivity index (χ4n) is 3.69. The summed E-state index contributed by atoms with van der Waals surface area (Å²) in [5.41, 5.74) is 3.49. The molecule has 17 heteroatoms. The number of anilines is 1. The molecule has 0 aromatic carbocycles. The Bertz CT molecular complexity index is 1600. The molecule has 2 amide bonds. The Balaban J connectivity index is 1.87. The molecule has 0 bridgehead atoms. The number of rotatable bonds is 5. The third-order valence-corrected chi connectivity index (χ3v) is 7.71. The van der Waals surface area contributed by atoms with Crippen molar-refractivity contribution in [3.8, 4) is 11.1 Å². The molecule has 0 fully saturated rings. The van der Waals surface area contributed by atoms with Gasteiger partial charge < -0.3 is 11.1 Å². The minimum absolute atomic E-state index is 0.000867. The van der Waals surface area contributed by atoms with E-state index >= 15 is 0 Å². The standard InChI is InChI=1S/C21H16BrF6N7O2S/c1-7-10(5-30-34(7)3)9-4-11(20(23,24)25)31-19-13(9)15(16(38-19)18(29)37)32-12(36)6-35-8(2)14(22)17(33-35)21(26,27)28/h4-5H,6H2,1-3H3,(H2,29,37)(H,32,36). The molecule has 0 spiro atoms. The molecule has 0 saturated carbocycles. The van der Waals surface area contributed by atoms with Crippen molar-refractivity contribution >= 4 is 55.0 Å². The quantitative estimate of drug-likeness (QED) is 0.302. The number of thiophene rings is 1. The Kier molecular flexibility index (Phi) is 6.80. The lowest BCUT2D eigenvalue weighted by Gasteiger charge is -2.12. The molecule has 0 aliphatic carbocycles. The zero-order chi connectivity index (χ0) is 28.3. The molecule has 0 radical (unpaired) electrons. The summed E-state index contributed by atoms with van der Waals surface area (Å²) in [6.45, 7) is 2.21. The SMILES string of the molecule is Cc1c(-c2cc(C(F)(F)F)nc3sc(C(N)=O)c(NC(=O)Cn4nc(C(F)(F)F)c(Br)c4C)c23)cnn1C. The van der Waals surface area contributed by atoms with Crippen LogP contribution >= 0.6 is 27.3 Å². The van der Waals surface area contributed by atoms with E-state index in [1.807, 2.05) is 0 Å². The summed E-state index contributed by atoms with van der Waals surface area (Å²) in [6.07, 6.45) is -8.30. The van der Waals surface area contributed by atoms with Crippen molar-refractivity contribution < 1.29 is 35.9 Å². The van der Waals surface area contributed by atoms with E-state index in [1.165, 1.54) is 17.8 Å². The van der Waals surface area contributed by atoms with Gasteiger partial charge in [0.1, 0.15) is 21.9 Å². The molecule has 4 aromatic rings. The molecule has 202 valence electrons. The number of amides is 2. The number of nitrogens with one attached hydrogen (secondary N) is 1. The summed E-state index contributed by atoms with van der Waals surface area (Å²) in [6, 6.07) is 0.768. The molecule has 4 aromatic heterocycles. The van der Waals surface area contributed by atoms with Crippen LogP contribution in [0.5, 0.6) is 0 Å². The molecule has 38 heavy (non-hydrogen) atoms. The summed E-state index contributed by atoms with van der Waals surface area (Å²) in [4.78, 5) is 28.3. The largest absolute Gasteiger partial charge is 0.436 e. The fourth-order valence-corrected chi connectivity index (χ4v) is 5.20. The van der Waals surface area contributed by atoms with Crippen molar-refractivity contribution in [2.75, 3.05) is 5.32 Å². The molecule has 9 nitrogen and oxygen atoms in total. The summed E-state index contributed by atoms with van der Waals surface area (Å²) in [7, 11) is 1.58. The molecule has 0 aliphatic heterocycles. The second-order valence-electron chi connectivity index (χ2n) is 8.12. The van der Waals surface area contributed by atoms with Gasteiger partial charge in [-0.3, -0.25) is 19.0 Å². The van der Waals surface area contributed by atoms with E-state index in [9.17, 15) is 35.9 Å². The molecule has 0 saturated heterocycles. The van der Waals surface area contributed by atoms with Crippen molar-refractivity contribution in [3.63, 3.8) is 0 Å². The number of aromatic nitrogens is 5. The highest BCUT2D eigenvalue weighted by molar-refractivity contribution is 9.10. The highest BCUT2D eigenvalue weighted by Gasteiger charge is 2.38. The lowest BCUT2D eigenvalue weighted by Crippen LogP contribution is -2.22. The van der Waals surface area contributed by atoms with E-state index in [4.69, 9.17) is 5.73 Å². The highest BCUT2D eigenvalue weighted by atomic mass is 79.9. The zero-order valence-corrected chi connectivity index (χ0v) is 21.9. The van der Waals surface area contributed by atoms with Crippen LogP contribution in [0.25, 0.3) is 21.3 Å². The van der Waals surface area contributed by atoms with E-state index in [2.05, 4.69) is 36.4 Å². The van der Waals surface area contributed by atoms with Crippen LogP contribution in [0.1, 0.15) is 32.4 Å². The van der Waals surface area contributed by atoms with Crippen LogP contribution in [0.2, 0.25) is 0 Å². The van der Waals surface area contributed by atoms with E-state index in [1.54, 1.807) is 14.0 Å². The molecule has 4 rings (SSSR count). The summed E-state index contributed by atoms with van der Waals surface area (Å²) >= 11 is 3.35. The van der Waals surface area contributed by atoms with Crippen LogP contribution in [0.4, 0.5) is 32.0 Å². The topological polar surface area (TPSA) is 121 Å². The number of nitrogens with zero attached hydrogens (tertiary/aromatic N) is 5. The van der Waals surface area contributed by atoms with Crippen LogP contribution in [-0.4, -0.2) is 36.4 Å². The van der Waals surface area contributed by atoms with Crippen LogP contribution in [0, 0.1) is 13.8 Å². The number of carbonyl (C=O) groups is 2. The van der Waals surface area contributed by atoms with E-state index < -0.39 is 42.1 Å². The van der Waals surface area contributed by atoms with Crippen molar-refractivity contribution in [1.82, 2.24) is 24.5 Å². The molecule has 3 N–H and O–H groups in total. The smallest absolute Gasteiger partial charge is 0.365 e. The Morgan fingerprint density at radius 2 is 1.76 bits per heavy atom. The highest BCUT2D eigenvalue weighted by Crippen LogP contribution is 2.44. The predicted molar refractivity (Wildman–Crippen MR) is 128 cm³/mol. The second kappa shape index (κ2) is 9.37. The van der Waals surface area contributed by atoms with Gasteiger partial charge in [-0.2, -0.15) is 36.5 Å². The molecule has 0 atom stereocenters. The van der Waals surface area contributed by atoms with Gasteiger partial charge in [0.2, 0.25) is 5.91 Å². The lowest BCUT2D eigenvalue weighted by atomic mass is 10.0. The zero-order valence-electron chi connectivity index (χ0n) is 19.5. The first-order valence-electron chi connectivity index (χ1n) is 10.4. The van der Waals surface area contributed by atoms with Crippen molar-refractivity contribution in [1.29, 1.82) is 0 Å². The van der Waals surface area contributed by atoms with Gasteiger partial charge in [-0.25, -0.2) is 4.98 Å². The summed E-state index contributed by atoms with van der Waals surface area (Å²) < 4.78 is 82.5. The minimum Gasteiger partial charge on any atom is -0.365 e. The Labute approximate surface area is 221 Å². The number of fused-ring (bicyclic) bond motifs is 1. The van der Waals surface area contributed by atoms with Crippen molar-refractivity contribution in [2.45, 2.75) is 32.7 Å². The average molecular weight is 624 g/mol. The Hall–Kier alpha value is -3.47. The first-order valence-corrected chi connectivity index (χ1v) is 12.0. The maximum Gasteiger partial charge on any atom is 0.436 e. The number of nitrogens with two attached hydrogens (primary N) is 1. The molecular weight excluding hydrogens is 608 g/mol. The fraction of sp³-hybridized carbons (Fsp3) is 0.286. The first kappa shape index (κ1) is 27.6. The van der Waals surface area contributed by atoms with Crippen LogP contribution in [0.3, 0.4) is 0 Å². The van der Waals surface area contributed by atoms with Gasteiger partial charge >= 0.3 is 12.4 Å². The number of halogens is 7. The number of carbonyl (C=O) groups excluding carboxylic acids is 2. The normalized spacial score (nSPS) is 12.4. The average Bonchev–Trinajstić information content (AvgIpc) is 3.42. The number of aryl methyl sites for hydroxylation is 1. The lowest BCUT2D eigenvalue weighted by molar-refractivity contribution is -0.142. The van der Waals surface area contributed by atoms with Crippen LogP contribution in [-0.2, 0) is 30.7 Å². The van der Waals surface area contributed by atoms with Gasteiger partial charge in [0.15, 0.2) is 5.69 Å². The molecule has 4 heterocycles. The monoisotopic (exact) mass is 623 g/mol. The number of pyridine rings is 1. The van der Waals surface area contributed by atoms with Gasteiger partial charge in [0, 0.05) is 23.7 Å². The maximum absolute atomic E-state index is 13.7. The first-order chi connectivity index (χ1) is 17.5. The summed E-state index contributed by atoms with van der Waals surface area (Å²) in [5.74, 6) is -1.96. The third-order valence-electron chi connectivity index (χ3n) is 5.66. The third kappa shape index (κ3) is 4.87. The van der Waals surface area contributed by atoms with Crippen molar-refractivity contribution in [2.24, 2.45) is 12.8 Å². The van der Waals surface area contributed by atoms with Crippen molar-refractivity contribution in [3.05, 3.63) is 44.4 Å². The number of hydrogen-bond acceptors (Lipinski definition) is 6. The van der Waals surface area contributed by atoms with Gasteiger partial charge in [-0.15, -0.1) is 11.3 Å². The van der Waals surface area contributed by atoms with E-state index in [-0.39, 0.29) is 42.1 Å². The Morgan fingerprint density at radius 1 is 1.11 bits per heavy atom. The van der Waals surface area contributed by atoms with Crippen LogP contribution < -0.4 is 11.1 Å². The molecule has 0 unspecified atom stereocenters. The number of hydrogen-bond donors (Lipinski definition) is 2. The Morgan fingerprint density at radius 3 is 2.26 bits per heavy atom. The molecular formula is C21H16BrF6N7O2S. The number of alkyl halides is 6. The number of primary amides is 1. The summed E-state index contributed by atoms with van der Waals surface area (Å²) in [5, 5.41) is 9.90. The van der Waals surface area contributed by atoms with Crippen LogP contribution in [0.15, 0.2) is 16.7 Å². The van der Waals surface area contributed by atoms with E-state index in [0.29, 0.717) is 17.0 Å².